The molecule has 0 aliphatic rings. The number of hydrogen-bond acceptors (Lipinski definition) is 2. The van der Waals surface area contributed by atoms with Gasteiger partial charge in [-0.15, -0.1) is 0 Å². The molecule has 0 amide bonds. The zero-order valence-corrected chi connectivity index (χ0v) is 9.67. The van der Waals surface area contributed by atoms with Gasteiger partial charge in [0.15, 0.2) is 0 Å². The van der Waals surface area contributed by atoms with E-state index in [0.29, 0.717) is 17.4 Å². The van der Waals surface area contributed by atoms with E-state index in [1.807, 2.05) is 0 Å². The molecule has 0 aliphatic carbocycles. The Bertz CT molecular complexity index is 627. The van der Waals surface area contributed by atoms with Crippen LogP contribution < -0.4 is 11.2 Å². The number of aromatic nitrogens is 2. The van der Waals surface area contributed by atoms with Crippen LogP contribution in [0.1, 0.15) is 6.92 Å². The highest BCUT2D eigenvalue weighted by Crippen LogP contribution is 2.17. The molecule has 0 bridgehead atoms. The molecule has 2 rings (SSSR count). The summed E-state index contributed by atoms with van der Waals surface area (Å²) in [6.45, 7) is 2.14. The molecule has 1 aromatic heterocycles. The second-order valence-electron chi connectivity index (χ2n) is 3.14. The van der Waals surface area contributed by atoms with Crippen molar-refractivity contribution in [2.24, 2.45) is 0 Å². The summed E-state index contributed by atoms with van der Waals surface area (Å²) in [4.78, 5) is 26.1. The van der Waals surface area contributed by atoms with Crippen molar-refractivity contribution in [1.29, 1.82) is 0 Å². The van der Waals surface area contributed by atoms with Gasteiger partial charge in [-0.2, -0.15) is 0 Å². The zero-order valence-electron chi connectivity index (χ0n) is 8.08. The van der Waals surface area contributed by atoms with Crippen LogP contribution >= 0.6 is 15.9 Å². The van der Waals surface area contributed by atoms with Crippen molar-refractivity contribution < 1.29 is 0 Å². The first-order chi connectivity index (χ1) is 7.15. The molecule has 0 radical (unpaired) electrons. The number of rotatable bonds is 1. The average molecular weight is 269 g/mol. The van der Waals surface area contributed by atoms with E-state index < -0.39 is 0 Å². The summed E-state index contributed by atoms with van der Waals surface area (Å²) >= 11 is 3.29. The summed E-state index contributed by atoms with van der Waals surface area (Å²) in [7, 11) is 0. The summed E-state index contributed by atoms with van der Waals surface area (Å²) in [5.74, 6) is 0. The van der Waals surface area contributed by atoms with E-state index in [4.69, 9.17) is 0 Å². The van der Waals surface area contributed by atoms with Crippen LogP contribution in [0, 0.1) is 0 Å². The van der Waals surface area contributed by atoms with Crippen molar-refractivity contribution in [1.82, 2.24) is 9.55 Å². The molecule has 1 heterocycles. The molecule has 0 unspecified atom stereocenters. The van der Waals surface area contributed by atoms with Crippen molar-refractivity contribution in [3.63, 3.8) is 0 Å². The van der Waals surface area contributed by atoms with Gasteiger partial charge in [0.1, 0.15) is 0 Å². The first kappa shape index (κ1) is 10.2. The molecule has 5 heteroatoms. The minimum Gasteiger partial charge on any atom is -0.306 e. The molecule has 0 saturated carbocycles. The third-order valence-electron chi connectivity index (χ3n) is 2.28. The van der Waals surface area contributed by atoms with Crippen LogP contribution in [0.3, 0.4) is 0 Å². The quantitative estimate of drug-likeness (QED) is 0.852. The number of H-pyrrole nitrogens is 1. The third kappa shape index (κ3) is 1.52. The molecule has 0 spiro atoms. The van der Waals surface area contributed by atoms with Gasteiger partial charge in [-0.25, -0.2) is 4.79 Å². The van der Waals surface area contributed by atoms with E-state index in [9.17, 15) is 9.59 Å². The first-order valence-electron chi connectivity index (χ1n) is 4.56. The molecule has 0 atom stereocenters. The maximum Gasteiger partial charge on any atom is 0.328 e. The van der Waals surface area contributed by atoms with Crippen molar-refractivity contribution in [3.05, 3.63) is 43.5 Å². The second kappa shape index (κ2) is 3.66. The number of hydrogen-bond donors (Lipinski definition) is 1. The lowest BCUT2D eigenvalue weighted by molar-refractivity contribution is 0.684. The molecule has 0 fully saturated rings. The van der Waals surface area contributed by atoms with Crippen LogP contribution in [0.4, 0.5) is 0 Å². The molecule has 0 aliphatic heterocycles. The number of nitrogens with zero attached hydrogens (tertiary/aromatic N) is 1. The van der Waals surface area contributed by atoms with E-state index in [2.05, 4.69) is 20.9 Å². The SMILES string of the molecule is CCn1c(=O)[nH]c2c(Br)cccc2c1=O. The highest BCUT2D eigenvalue weighted by atomic mass is 79.9. The lowest BCUT2D eigenvalue weighted by atomic mass is 10.2. The van der Waals surface area contributed by atoms with E-state index in [-0.39, 0.29) is 11.2 Å². The van der Waals surface area contributed by atoms with Crippen molar-refractivity contribution in [2.45, 2.75) is 13.5 Å². The first-order valence-corrected chi connectivity index (χ1v) is 5.35. The number of para-hydroxylation sites is 1. The molecule has 15 heavy (non-hydrogen) atoms. The number of benzene rings is 1. The fourth-order valence-corrected chi connectivity index (χ4v) is 1.99. The molecule has 1 N–H and O–H groups in total. The van der Waals surface area contributed by atoms with Gasteiger partial charge in [0.05, 0.1) is 10.9 Å². The molecule has 4 nitrogen and oxygen atoms in total. The van der Waals surface area contributed by atoms with Crippen LogP contribution in [0.5, 0.6) is 0 Å². The monoisotopic (exact) mass is 268 g/mol. The molecular weight excluding hydrogens is 260 g/mol. The van der Waals surface area contributed by atoms with Gasteiger partial charge in [0.2, 0.25) is 0 Å². The lowest BCUT2D eigenvalue weighted by Gasteiger charge is -2.04. The Hall–Kier alpha value is -1.36. The topological polar surface area (TPSA) is 54.9 Å². The Morgan fingerprint density at radius 2 is 2.13 bits per heavy atom. The van der Waals surface area contributed by atoms with Gasteiger partial charge in [0, 0.05) is 11.0 Å². The summed E-state index contributed by atoms with van der Waals surface area (Å²) in [5, 5.41) is 0.519. The number of fused-ring (bicyclic) bond motifs is 1. The Labute approximate surface area is 93.7 Å². The van der Waals surface area contributed by atoms with Gasteiger partial charge < -0.3 is 4.98 Å². The van der Waals surface area contributed by atoms with Gasteiger partial charge in [-0.1, -0.05) is 6.07 Å². The number of halogens is 1. The summed E-state index contributed by atoms with van der Waals surface area (Å²) < 4.78 is 1.90. The predicted molar refractivity (Wildman–Crippen MR) is 62.2 cm³/mol. The van der Waals surface area contributed by atoms with Gasteiger partial charge in [0.25, 0.3) is 5.56 Å². The highest BCUT2D eigenvalue weighted by molar-refractivity contribution is 9.10. The lowest BCUT2D eigenvalue weighted by Crippen LogP contribution is -2.34. The Balaban J connectivity index is 3.05. The molecule has 78 valence electrons. The number of aromatic amines is 1. The Morgan fingerprint density at radius 3 is 2.80 bits per heavy atom. The van der Waals surface area contributed by atoms with Crippen LogP contribution in [0.25, 0.3) is 10.9 Å². The average Bonchev–Trinajstić information content (AvgIpc) is 2.20. The van der Waals surface area contributed by atoms with Crippen molar-refractivity contribution in [2.75, 3.05) is 0 Å². The van der Waals surface area contributed by atoms with Gasteiger partial charge >= 0.3 is 5.69 Å². The molecular formula is C10H9BrN2O2. The molecule has 2 aromatic rings. The maximum atomic E-state index is 11.9. The zero-order chi connectivity index (χ0) is 11.0. The van der Waals surface area contributed by atoms with E-state index in [1.54, 1.807) is 25.1 Å². The fraction of sp³-hybridized carbons (Fsp3) is 0.200. The minimum atomic E-state index is -0.373. The summed E-state index contributed by atoms with van der Waals surface area (Å²) in [6, 6.07) is 5.25. The van der Waals surface area contributed by atoms with E-state index in [1.165, 1.54) is 4.57 Å². The Morgan fingerprint density at radius 1 is 1.40 bits per heavy atom. The fourth-order valence-electron chi connectivity index (χ4n) is 1.53. The van der Waals surface area contributed by atoms with Gasteiger partial charge in [-0.3, -0.25) is 9.36 Å². The molecule has 0 saturated heterocycles. The van der Waals surface area contributed by atoms with Crippen LogP contribution in [0.15, 0.2) is 32.3 Å². The van der Waals surface area contributed by atoms with E-state index in [0.717, 1.165) is 4.47 Å². The summed E-state index contributed by atoms with van der Waals surface area (Å²) in [6.07, 6.45) is 0. The Kier molecular flexibility index (Phi) is 2.48. The standard InChI is InChI=1S/C10H9BrN2O2/c1-2-13-9(14)6-4-3-5-7(11)8(6)12-10(13)15/h3-5H,2H2,1H3,(H,12,15). The normalized spacial score (nSPS) is 10.8. The van der Waals surface area contributed by atoms with Crippen LogP contribution in [0.2, 0.25) is 0 Å². The van der Waals surface area contributed by atoms with Crippen LogP contribution in [-0.4, -0.2) is 9.55 Å². The number of nitrogens with one attached hydrogen (secondary N) is 1. The largest absolute Gasteiger partial charge is 0.328 e. The molecule has 1 aromatic carbocycles. The summed E-state index contributed by atoms with van der Waals surface area (Å²) in [5.41, 5.74) is -0.0725. The van der Waals surface area contributed by atoms with Crippen molar-refractivity contribution >= 4 is 26.8 Å². The van der Waals surface area contributed by atoms with E-state index >= 15 is 0 Å². The van der Waals surface area contributed by atoms with Gasteiger partial charge in [-0.05, 0) is 35.0 Å². The smallest absolute Gasteiger partial charge is 0.306 e. The predicted octanol–water partition coefficient (Wildman–Crippen LogP) is 1.47. The van der Waals surface area contributed by atoms with Crippen LogP contribution in [-0.2, 0) is 6.54 Å². The second-order valence-corrected chi connectivity index (χ2v) is 4.00. The highest BCUT2D eigenvalue weighted by Gasteiger charge is 2.07. The maximum absolute atomic E-state index is 11.9. The third-order valence-corrected chi connectivity index (χ3v) is 2.94. The minimum absolute atomic E-state index is 0.252. The van der Waals surface area contributed by atoms with Crippen molar-refractivity contribution in [3.8, 4) is 0 Å².